The molecule has 1 aromatic rings. The van der Waals surface area contributed by atoms with Gasteiger partial charge in [-0.3, -0.25) is 4.79 Å². The van der Waals surface area contributed by atoms with E-state index in [-0.39, 0.29) is 11.5 Å². The van der Waals surface area contributed by atoms with Gasteiger partial charge in [0.05, 0.1) is 16.9 Å². The molecule has 0 saturated carbocycles. The fourth-order valence-corrected chi connectivity index (χ4v) is 1.88. The number of nitrogens with zero attached hydrogens (tertiary/aromatic N) is 1. The van der Waals surface area contributed by atoms with Crippen LogP contribution in [0.15, 0.2) is 18.2 Å². The Balaban J connectivity index is 2.99. The maximum atomic E-state index is 12.1. The average molecular weight is 264 g/mol. The largest absolute Gasteiger partial charge is 0.478 e. The number of rotatable bonds is 6. The minimum atomic E-state index is -1.03. The molecule has 1 amide bonds. The predicted molar refractivity (Wildman–Crippen MR) is 75.4 cm³/mol. The highest BCUT2D eigenvalue weighted by Gasteiger charge is 2.16. The van der Waals surface area contributed by atoms with Crippen LogP contribution in [-0.4, -0.2) is 23.5 Å². The van der Waals surface area contributed by atoms with Crippen LogP contribution in [0.25, 0.3) is 0 Å². The van der Waals surface area contributed by atoms with Gasteiger partial charge in [-0.1, -0.05) is 13.3 Å². The lowest BCUT2D eigenvalue weighted by Gasteiger charge is -2.22. The maximum Gasteiger partial charge on any atom is 0.335 e. The second kappa shape index (κ2) is 6.78. The molecule has 0 spiro atoms. The van der Waals surface area contributed by atoms with Crippen molar-refractivity contribution in [2.24, 2.45) is 0 Å². The van der Waals surface area contributed by atoms with Crippen LogP contribution in [0.1, 0.15) is 43.5 Å². The summed E-state index contributed by atoms with van der Waals surface area (Å²) in [5.41, 5.74) is 6.86. The van der Waals surface area contributed by atoms with Crippen LogP contribution in [0.4, 0.5) is 11.4 Å². The topological polar surface area (TPSA) is 83.6 Å². The molecule has 0 aliphatic heterocycles. The van der Waals surface area contributed by atoms with E-state index in [0.29, 0.717) is 24.3 Å². The lowest BCUT2D eigenvalue weighted by atomic mass is 10.1. The number of nitrogens with two attached hydrogens (primary N) is 1. The number of anilines is 2. The summed E-state index contributed by atoms with van der Waals surface area (Å²) >= 11 is 0. The van der Waals surface area contributed by atoms with Crippen molar-refractivity contribution in [1.82, 2.24) is 0 Å². The molecule has 0 heterocycles. The minimum Gasteiger partial charge on any atom is -0.478 e. The molecular weight excluding hydrogens is 244 g/mol. The lowest BCUT2D eigenvalue weighted by molar-refractivity contribution is -0.118. The molecule has 0 saturated heterocycles. The molecule has 3 N–H and O–H groups in total. The van der Waals surface area contributed by atoms with Gasteiger partial charge in [-0.2, -0.15) is 0 Å². The summed E-state index contributed by atoms with van der Waals surface area (Å²) in [6.07, 6.45) is 2.27. The van der Waals surface area contributed by atoms with Crippen LogP contribution in [0.3, 0.4) is 0 Å². The third-order valence-electron chi connectivity index (χ3n) is 2.93. The SMILES string of the molecule is CCCCC(=O)N(CC)c1ccc(C(=O)O)cc1N. The first-order chi connectivity index (χ1) is 9.01. The number of carboxylic acid groups (broad SMARTS) is 1. The van der Waals surface area contributed by atoms with Crippen molar-refractivity contribution in [3.8, 4) is 0 Å². The van der Waals surface area contributed by atoms with Crippen molar-refractivity contribution in [2.75, 3.05) is 17.2 Å². The van der Waals surface area contributed by atoms with Gasteiger partial charge in [0.15, 0.2) is 0 Å². The Hall–Kier alpha value is -2.04. The molecule has 0 bridgehead atoms. The van der Waals surface area contributed by atoms with Gasteiger partial charge in [0.25, 0.3) is 0 Å². The molecule has 0 unspecified atom stereocenters. The zero-order chi connectivity index (χ0) is 14.4. The number of benzene rings is 1. The van der Waals surface area contributed by atoms with E-state index in [1.165, 1.54) is 12.1 Å². The van der Waals surface area contributed by atoms with Crippen molar-refractivity contribution in [1.29, 1.82) is 0 Å². The van der Waals surface area contributed by atoms with Crippen molar-refractivity contribution in [2.45, 2.75) is 33.1 Å². The number of carbonyl (C=O) groups excluding carboxylic acids is 1. The Bertz CT molecular complexity index is 472. The first kappa shape index (κ1) is 15.0. The minimum absolute atomic E-state index is 0.0131. The van der Waals surface area contributed by atoms with E-state index in [9.17, 15) is 9.59 Å². The molecule has 0 aliphatic rings. The van der Waals surface area contributed by atoms with E-state index in [4.69, 9.17) is 10.8 Å². The molecule has 0 atom stereocenters. The highest BCUT2D eigenvalue weighted by Crippen LogP contribution is 2.25. The fourth-order valence-electron chi connectivity index (χ4n) is 1.88. The molecule has 1 rings (SSSR count). The van der Waals surface area contributed by atoms with E-state index < -0.39 is 5.97 Å². The number of hydrogen-bond acceptors (Lipinski definition) is 3. The van der Waals surface area contributed by atoms with E-state index in [1.54, 1.807) is 11.0 Å². The summed E-state index contributed by atoms with van der Waals surface area (Å²) in [5.74, 6) is -1.02. The van der Waals surface area contributed by atoms with Crippen LogP contribution in [-0.2, 0) is 4.79 Å². The third kappa shape index (κ3) is 3.71. The number of amides is 1. The molecule has 5 heteroatoms. The molecule has 0 radical (unpaired) electrons. The van der Waals surface area contributed by atoms with E-state index >= 15 is 0 Å². The van der Waals surface area contributed by atoms with Crippen molar-refractivity contribution in [3.05, 3.63) is 23.8 Å². The van der Waals surface area contributed by atoms with E-state index in [2.05, 4.69) is 0 Å². The zero-order valence-corrected chi connectivity index (χ0v) is 11.3. The summed E-state index contributed by atoms with van der Waals surface area (Å²) < 4.78 is 0. The van der Waals surface area contributed by atoms with E-state index in [0.717, 1.165) is 12.8 Å². The molecule has 0 aliphatic carbocycles. The van der Waals surface area contributed by atoms with Crippen LogP contribution >= 0.6 is 0 Å². The van der Waals surface area contributed by atoms with Crippen LogP contribution in [0.2, 0.25) is 0 Å². The number of carbonyl (C=O) groups is 2. The Kier molecular flexibility index (Phi) is 5.36. The van der Waals surface area contributed by atoms with Gasteiger partial charge in [0, 0.05) is 13.0 Å². The summed E-state index contributed by atoms with van der Waals surface area (Å²) in [6.45, 7) is 4.41. The number of unbranched alkanes of at least 4 members (excludes halogenated alkanes) is 1. The summed E-state index contributed by atoms with van der Waals surface area (Å²) in [7, 11) is 0. The monoisotopic (exact) mass is 264 g/mol. The van der Waals surface area contributed by atoms with Crippen LogP contribution < -0.4 is 10.6 Å². The fraction of sp³-hybridized carbons (Fsp3) is 0.429. The first-order valence-corrected chi connectivity index (χ1v) is 6.44. The van der Waals surface area contributed by atoms with Crippen LogP contribution in [0.5, 0.6) is 0 Å². The van der Waals surface area contributed by atoms with Crippen molar-refractivity contribution >= 4 is 23.3 Å². The van der Waals surface area contributed by atoms with Gasteiger partial charge in [-0.05, 0) is 31.5 Å². The molecule has 104 valence electrons. The quantitative estimate of drug-likeness (QED) is 0.773. The molecule has 0 aromatic heterocycles. The number of aromatic carboxylic acids is 1. The molecule has 1 aromatic carbocycles. The first-order valence-electron chi connectivity index (χ1n) is 6.44. The second-order valence-electron chi connectivity index (χ2n) is 4.32. The Morgan fingerprint density at radius 2 is 2.00 bits per heavy atom. The standard InChI is InChI=1S/C14H20N2O3/c1-3-5-6-13(17)16(4-2)12-8-7-10(14(18)19)9-11(12)15/h7-9H,3-6,15H2,1-2H3,(H,18,19). The van der Waals surface area contributed by atoms with Gasteiger partial charge in [-0.15, -0.1) is 0 Å². The van der Waals surface area contributed by atoms with Crippen LogP contribution in [0, 0.1) is 0 Å². The van der Waals surface area contributed by atoms with Gasteiger partial charge in [-0.25, -0.2) is 4.79 Å². The second-order valence-corrected chi connectivity index (χ2v) is 4.32. The predicted octanol–water partition coefficient (Wildman–Crippen LogP) is 2.51. The number of carboxylic acids is 1. The van der Waals surface area contributed by atoms with Crippen molar-refractivity contribution < 1.29 is 14.7 Å². The van der Waals surface area contributed by atoms with Crippen molar-refractivity contribution in [3.63, 3.8) is 0 Å². The van der Waals surface area contributed by atoms with E-state index in [1.807, 2.05) is 13.8 Å². The summed E-state index contributed by atoms with van der Waals surface area (Å²) in [4.78, 5) is 24.5. The molecule has 0 fully saturated rings. The smallest absolute Gasteiger partial charge is 0.335 e. The molecule has 5 nitrogen and oxygen atoms in total. The normalized spacial score (nSPS) is 10.2. The highest BCUT2D eigenvalue weighted by molar-refractivity contribution is 5.98. The van der Waals surface area contributed by atoms with Gasteiger partial charge < -0.3 is 15.7 Å². The van der Waals surface area contributed by atoms with Gasteiger partial charge in [0.1, 0.15) is 0 Å². The number of hydrogen-bond donors (Lipinski definition) is 2. The Labute approximate surface area is 113 Å². The third-order valence-corrected chi connectivity index (χ3v) is 2.93. The number of nitrogen functional groups attached to an aromatic ring is 1. The van der Waals surface area contributed by atoms with Gasteiger partial charge >= 0.3 is 5.97 Å². The summed E-state index contributed by atoms with van der Waals surface area (Å²) in [5, 5.41) is 8.89. The molecular formula is C14H20N2O3. The van der Waals surface area contributed by atoms with Gasteiger partial charge in [0.2, 0.25) is 5.91 Å². The average Bonchev–Trinajstić information content (AvgIpc) is 2.38. The molecule has 19 heavy (non-hydrogen) atoms. The zero-order valence-electron chi connectivity index (χ0n) is 11.3. The Morgan fingerprint density at radius 1 is 1.32 bits per heavy atom. The summed E-state index contributed by atoms with van der Waals surface area (Å²) in [6, 6.07) is 4.43. The Morgan fingerprint density at radius 3 is 2.47 bits per heavy atom. The maximum absolute atomic E-state index is 12.1. The highest BCUT2D eigenvalue weighted by atomic mass is 16.4. The lowest BCUT2D eigenvalue weighted by Crippen LogP contribution is -2.31.